The third-order valence-electron chi connectivity index (χ3n) is 5.76. The highest BCUT2D eigenvalue weighted by molar-refractivity contribution is 8.00. The average molecular weight is 428 g/mol. The fourth-order valence-corrected chi connectivity index (χ4v) is 5.38. The summed E-state index contributed by atoms with van der Waals surface area (Å²) in [5, 5.41) is 4.37. The van der Waals surface area contributed by atoms with Gasteiger partial charge < -0.3 is 9.32 Å². The van der Waals surface area contributed by atoms with Gasteiger partial charge in [0.25, 0.3) is 5.91 Å². The van der Waals surface area contributed by atoms with Crippen LogP contribution in [-0.2, 0) is 0 Å². The van der Waals surface area contributed by atoms with Crippen molar-refractivity contribution in [3.05, 3.63) is 54.0 Å². The van der Waals surface area contributed by atoms with Crippen LogP contribution in [0.25, 0.3) is 11.6 Å². The van der Waals surface area contributed by atoms with Gasteiger partial charge in [0.15, 0.2) is 10.9 Å². The van der Waals surface area contributed by atoms with Gasteiger partial charge in [-0.3, -0.25) is 9.69 Å². The van der Waals surface area contributed by atoms with Crippen molar-refractivity contribution in [1.82, 2.24) is 24.6 Å². The summed E-state index contributed by atoms with van der Waals surface area (Å²) in [4.78, 5) is 22.4. The molecule has 2 atom stereocenters. The molecule has 7 nitrogen and oxygen atoms in total. The molecule has 5 rings (SSSR count). The van der Waals surface area contributed by atoms with Crippen molar-refractivity contribution in [2.45, 2.75) is 23.4 Å². The predicted octanol–water partition coefficient (Wildman–Crippen LogP) is 3.17. The number of aromatic nitrogens is 3. The zero-order chi connectivity index (χ0) is 20.7. The molecule has 1 saturated heterocycles. The number of furan rings is 1. The maximum atomic E-state index is 14.8. The molecule has 3 aromatic rings. The Morgan fingerprint density at radius 1 is 1.20 bits per heavy atom. The molecular formula is C21H22FN5O2S. The molecule has 9 heteroatoms. The Kier molecular flexibility index (Phi) is 5.18. The van der Waals surface area contributed by atoms with Crippen molar-refractivity contribution in [2.75, 3.05) is 32.7 Å². The Morgan fingerprint density at radius 3 is 2.67 bits per heavy atom. The summed E-state index contributed by atoms with van der Waals surface area (Å²) < 4.78 is 21.5. The topological polar surface area (TPSA) is 67.4 Å². The second-order valence-electron chi connectivity index (χ2n) is 7.42. The van der Waals surface area contributed by atoms with Gasteiger partial charge in [-0.1, -0.05) is 36.9 Å². The lowest BCUT2D eigenvalue weighted by molar-refractivity contribution is 0.0733. The van der Waals surface area contributed by atoms with Crippen LogP contribution in [0.5, 0.6) is 0 Å². The number of benzene rings is 1. The van der Waals surface area contributed by atoms with Gasteiger partial charge >= 0.3 is 0 Å². The molecule has 2 unspecified atom stereocenters. The van der Waals surface area contributed by atoms with E-state index >= 15 is 0 Å². The van der Waals surface area contributed by atoms with Crippen LogP contribution in [-0.4, -0.2) is 68.4 Å². The number of halogens is 1. The number of thioether (sulfide) groups is 1. The zero-order valence-corrected chi connectivity index (χ0v) is 17.4. The normalized spacial score (nSPS) is 21.1. The first-order valence-electron chi connectivity index (χ1n) is 10.1. The highest BCUT2D eigenvalue weighted by Gasteiger charge is 2.44. The van der Waals surface area contributed by atoms with Crippen LogP contribution < -0.4 is 0 Å². The number of hydrogen-bond acceptors (Lipinski definition) is 7. The molecule has 0 amide bonds. The summed E-state index contributed by atoms with van der Waals surface area (Å²) in [7, 11) is 0. The molecule has 2 aliphatic rings. The highest BCUT2D eigenvalue weighted by Crippen LogP contribution is 2.42. The zero-order valence-electron chi connectivity index (χ0n) is 16.6. The molecule has 2 aromatic heterocycles. The summed E-state index contributed by atoms with van der Waals surface area (Å²) in [6.07, 6.45) is 1.55. The van der Waals surface area contributed by atoms with Crippen LogP contribution in [0.2, 0.25) is 0 Å². The minimum atomic E-state index is -0.504. The van der Waals surface area contributed by atoms with Crippen molar-refractivity contribution in [3.63, 3.8) is 0 Å². The van der Waals surface area contributed by atoms with Gasteiger partial charge in [-0.15, -0.1) is 5.10 Å². The molecule has 0 spiro atoms. The standard InChI is InChI=1S/C21H22FN5O2S/c1-2-25-9-11-26(12-10-25)17(14-6-3-4-7-15(14)22)18-20(28)27-21(30-18)23-19(24-27)16-8-5-13-29-16/h3-8,13,17-18H,2,9-12H2,1H3. The number of rotatable bonds is 5. The summed E-state index contributed by atoms with van der Waals surface area (Å²) in [5.41, 5.74) is 0.547. The van der Waals surface area contributed by atoms with Crippen LogP contribution in [0.3, 0.4) is 0 Å². The molecule has 4 heterocycles. The quantitative estimate of drug-likeness (QED) is 0.620. The molecule has 156 valence electrons. The van der Waals surface area contributed by atoms with Gasteiger partial charge in [0.05, 0.1) is 12.3 Å². The third-order valence-corrected chi connectivity index (χ3v) is 6.95. The number of carbonyl (C=O) groups is 1. The first-order chi connectivity index (χ1) is 14.7. The lowest BCUT2D eigenvalue weighted by atomic mass is 9.99. The molecule has 30 heavy (non-hydrogen) atoms. The van der Waals surface area contributed by atoms with E-state index in [0.29, 0.717) is 22.3 Å². The predicted molar refractivity (Wildman–Crippen MR) is 111 cm³/mol. The lowest BCUT2D eigenvalue weighted by Crippen LogP contribution is -2.50. The summed E-state index contributed by atoms with van der Waals surface area (Å²) in [5.74, 6) is 0.436. The second kappa shape index (κ2) is 7.98. The molecule has 0 saturated carbocycles. The average Bonchev–Trinajstić information content (AvgIpc) is 3.49. The van der Waals surface area contributed by atoms with E-state index in [1.54, 1.807) is 30.5 Å². The van der Waals surface area contributed by atoms with E-state index in [-0.39, 0.29) is 17.8 Å². The van der Waals surface area contributed by atoms with Crippen LogP contribution >= 0.6 is 11.8 Å². The lowest BCUT2D eigenvalue weighted by Gasteiger charge is -2.40. The Hall–Kier alpha value is -2.49. The number of likely N-dealkylation sites (N-methyl/N-ethyl adjacent to an activating group) is 1. The Labute approximate surface area is 177 Å². The van der Waals surface area contributed by atoms with Gasteiger partial charge in [-0.25, -0.2) is 4.39 Å². The first-order valence-corrected chi connectivity index (χ1v) is 11.0. The highest BCUT2D eigenvalue weighted by atomic mass is 32.2. The van der Waals surface area contributed by atoms with Gasteiger partial charge in [0.2, 0.25) is 5.82 Å². The first kappa shape index (κ1) is 19.5. The van der Waals surface area contributed by atoms with E-state index in [4.69, 9.17) is 4.42 Å². The van der Waals surface area contributed by atoms with Crippen molar-refractivity contribution in [2.24, 2.45) is 0 Å². The Bertz CT molecular complexity index is 1050. The maximum Gasteiger partial charge on any atom is 0.264 e. The summed E-state index contributed by atoms with van der Waals surface area (Å²) >= 11 is 1.35. The van der Waals surface area contributed by atoms with Crippen molar-refractivity contribution < 1.29 is 13.6 Å². The van der Waals surface area contributed by atoms with E-state index in [2.05, 4.69) is 26.8 Å². The van der Waals surface area contributed by atoms with Crippen LogP contribution in [0.15, 0.2) is 52.2 Å². The fraction of sp³-hybridized carbons (Fsp3) is 0.381. The Morgan fingerprint density at radius 2 is 2.00 bits per heavy atom. The second-order valence-corrected chi connectivity index (χ2v) is 8.53. The van der Waals surface area contributed by atoms with Gasteiger partial charge in [-0.2, -0.15) is 9.67 Å². The van der Waals surface area contributed by atoms with Crippen LogP contribution in [0.1, 0.15) is 23.3 Å². The van der Waals surface area contributed by atoms with Gasteiger partial charge in [-0.05, 0) is 24.7 Å². The van der Waals surface area contributed by atoms with Crippen molar-refractivity contribution >= 4 is 17.7 Å². The number of nitrogens with zero attached hydrogens (tertiary/aromatic N) is 5. The third kappa shape index (κ3) is 3.36. The molecule has 1 fully saturated rings. The monoisotopic (exact) mass is 427 g/mol. The molecule has 0 bridgehead atoms. The summed E-state index contributed by atoms with van der Waals surface area (Å²) in [6, 6.07) is 9.87. The van der Waals surface area contributed by atoms with Crippen LogP contribution in [0, 0.1) is 5.82 Å². The van der Waals surface area contributed by atoms with E-state index in [1.165, 1.54) is 22.5 Å². The fourth-order valence-electron chi connectivity index (χ4n) is 4.14. The molecule has 1 aromatic carbocycles. The number of hydrogen-bond donors (Lipinski definition) is 0. The van der Waals surface area contributed by atoms with Gasteiger partial charge in [0.1, 0.15) is 11.1 Å². The molecule has 2 aliphatic heterocycles. The van der Waals surface area contributed by atoms with E-state index in [0.717, 1.165) is 32.7 Å². The van der Waals surface area contributed by atoms with E-state index in [1.807, 2.05) is 6.07 Å². The molecule has 0 N–H and O–H groups in total. The smallest absolute Gasteiger partial charge is 0.264 e. The van der Waals surface area contributed by atoms with E-state index in [9.17, 15) is 9.18 Å². The Balaban J connectivity index is 1.46. The number of fused-ring (bicyclic) bond motifs is 1. The largest absolute Gasteiger partial charge is 0.461 e. The van der Waals surface area contributed by atoms with Crippen LogP contribution in [0.4, 0.5) is 4.39 Å². The molecule has 0 radical (unpaired) electrons. The summed E-state index contributed by atoms with van der Waals surface area (Å²) in [6.45, 7) is 6.50. The minimum absolute atomic E-state index is 0.175. The molecular weight excluding hydrogens is 405 g/mol. The SMILES string of the molecule is CCN1CCN(C(c2ccccc2F)C2Sc3nc(-c4ccco4)nn3C2=O)CC1. The molecule has 0 aliphatic carbocycles. The number of carbonyl (C=O) groups excluding carboxylic acids is 1. The number of piperazine rings is 1. The maximum absolute atomic E-state index is 14.8. The van der Waals surface area contributed by atoms with Crippen molar-refractivity contribution in [1.29, 1.82) is 0 Å². The van der Waals surface area contributed by atoms with Gasteiger partial charge in [0, 0.05) is 31.7 Å². The van der Waals surface area contributed by atoms with Crippen molar-refractivity contribution in [3.8, 4) is 11.6 Å². The van der Waals surface area contributed by atoms with E-state index < -0.39 is 5.25 Å². The minimum Gasteiger partial charge on any atom is -0.461 e.